The average molecular weight is 361 g/mol. The second-order valence-corrected chi connectivity index (χ2v) is 6.62. The molecule has 1 atom stereocenters. The smallest absolute Gasteiger partial charge is 0.129 e. The number of rotatable bonds is 8. The van der Waals surface area contributed by atoms with Crippen LogP contribution in [0.4, 0.5) is 0 Å². The Labute approximate surface area is 162 Å². The molecule has 0 saturated carbocycles. The van der Waals surface area contributed by atoms with Gasteiger partial charge in [-0.25, -0.2) is 0 Å². The minimum Gasteiger partial charge on any atom is -0.496 e. The first-order valence-corrected chi connectivity index (χ1v) is 9.25. The number of nitrogens with one attached hydrogen (secondary N) is 1. The number of benzene rings is 3. The summed E-state index contributed by atoms with van der Waals surface area (Å²) >= 11 is 0. The molecule has 140 valence electrons. The van der Waals surface area contributed by atoms with Crippen molar-refractivity contribution in [2.75, 3.05) is 14.2 Å². The lowest BCUT2D eigenvalue weighted by Gasteiger charge is -2.21. The van der Waals surface area contributed by atoms with Crippen molar-refractivity contribution in [3.8, 4) is 11.5 Å². The molecule has 0 radical (unpaired) electrons. The lowest BCUT2D eigenvalue weighted by molar-refractivity contribution is 0.383. The fraction of sp³-hybridized carbons (Fsp3) is 0.250. The summed E-state index contributed by atoms with van der Waals surface area (Å²) < 4.78 is 11.1. The molecule has 3 aromatic carbocycles. The van der Waals surface area contributed by atoms with E-state index in [2.05, 4.69) is 72.0 Å². The zero-order valence-electron chi connectivity index (χ0n) is 16.2. The predicted octanol–water partition coefficient (Wildman–Crippen LogP) is 5.09. The van der Waals surface area contributed by atoms with Crippen LogP contribution in [0.15, 0.2) is 72.8 Å². The van der Waals surface area contributed by atoms with E-state index in [1.54, 1.807) is 14.2 Å². The van der Waals surface area contributed by atoms with Gasteiger partial charge >= 0.3 is 0 Å². The van der Waals surface area contributed by atoms with Crippen LogP contribution in [0.1, 0.15) is 28.3 Å². The van der Waals surface area contributed by atoms with E-state index in [1.165, 1.54) is 11.1 Å². The third-order valence-electron chi connectivity index (χ3n) is 4.89. The van der Waals surface area contributed by atoms with Gasteiger partial charge in [0.1, 0.15) is 11.5 Å². The van der Waals surface area contributed by atoms with Gasteiger partial charge in [0.25, 0.3) is 0 Å². The zero-order valence-corrected chi connectivity index (χ0v) is 16.2. The van der Waals surface area contributed by atoms with Gasteiger partial charge in [-0.05, 0) is 30.5 Å². The Morgan fingerprint density at radius 2 is 1.48 bits per heavy atom. The molecule has 3 rings (SSSR count). The van der Waals surface area contributed by atoms with E-state index in [1.807, 2.05) is 13.0 Å². The first-order valence-electron chi connectivity index (χ1n) is 9.25. The first-order chi connectivity index (χ1) is 13.2. The maximum atomic E-state index is 5.65. The fourth-order valence-electron chi connectivity index (χ4n) is 3.45. The zero-order chi connectivity index (χ0) is 19.1. The minimum absolute atomic E-state index is 0.223. The van der Waals surface area contributed by atoms with Crippen LogP contribution in [0.3, 0.4) is 0 Å². The highest BCUT2D eigenvalue weighted by atomic mass is 16.5. The summed E-state index contributed by atoms with van der Waals surface area (Å²) in [6.45, 7) is 2.75. The van der Waals surface area contributed by atoms with E-state index in [4.69, 9.17) is 9.47 Å². The third kappa shape index (κ3) is 4.69. The first kappa shape index (κ1) is 19.0. The van der Waals surface area contributed by atoms with Crippen molar-refractivity contribution < 1.29 is 9.47 Å². The Bertz CT molecular complexity index is 847. The van der Waals surface area contributed by atoms with Crippen molar-refractivity contribution in [1.82, 2.24) is 5.32 Å². The van der Waals surface area contributed by atoms with Gasteiger partial charge in [0.2, 0.25) is 0 Å². The third-order valence-corrected chi connectivity index (χ3v) is 4.89. The van der Waals surface area contributed by atoms with E-state index < -0.39 is 0 Å². The molecule has 0 aliphatic rings. The molecule has 3 nitrogen and oxygen atoms in total. The second-order valence-electron chi connectivity index (χ2n) is 6.62. The maximum Gasteiger partial charge on any atom is 0.129 e. The second kappa shape index (κ2) is 9.24. The Kier molecular flexibility index (Phi) is 6.50. The molecule has 0 fully saturated rings. The Morgan fingerprint density at radius 3 is 2.11 bits per heavy atom. The van der Waals surface area contributed by atoms with E-state index in [0.29, 0.717) is 0 Å². The topological polar surface area (TPSA) is 30.5 Å². The van der Waals surface area contributed by atoms with Crippen molar-refractivity contribution in [3.05, 3.63) is 95.1 Å². The van der Waals surface area contributed by atoms with Gasteiger partial charge in [-0.3, -0.25) is 0 Å². The van der Waals surface area contributed by atoms with Gasteiger partial charge in [-0.15, -0.1) is 0 Å². The Balaban J connectivity index is 1.82. The standard InChI is InChI=1S/C24H27NO2/c1-18-23(26-2)15-14-21(24(18)27-3)17-25-22(20-12-8-5-9-13-20)16-19-10-6-4-7-11-19/h4-15,22,25H,16-17H2,1-3H3/t22-/m0/s1. The van der Waals surface area contributed by atoms with Gasteiger partial charge in [0.05, 0.1) is 14.2 Å². The number of ether oxygens (including phenoxy) is 2. The van der Waals surface area contributed by atoms with E-state index >= 15 is 0 Å². The Morgan fingerprint density at radius 1 is 0.815 bits per heavy atom. The summed E-state index contributed by atoms with van der Waals surface area (Å²) in [6.07, 6.45) is 0.933. The summed E-state index contributed by atoms with van der Waals surface area (Å²) in [5.74, 6) is 1.73. The maximum absolute atomic E-state index is 5.65. The molecule has 0 spiro atoms. The predicted molar refractivity (Wildman–Crippen MR) is 110 cm³/mol. The van der Waals surface area contributed by atoms with Gasteiger partial charge in [-0.2, -0.15) is 0 Å². The highest BCUT2D eigenvalue weighted by Gasteiger charge is 2.15. The Hall–Kier alpha value is -2.78. The summed E-state index contributed by atoms with van der Waals surface area (Å²) in [6, 6.07) is 25.5. The molecule has 1 N–H and O–H groups in total. The monoisotopic (exact) mass is 361 g/mol. The van der Waals surface area contributed by atoms with Crippen molar-refractivity contribution in [3.63, 3.8) is 0 Å². The molecule has 0 amide bonds. The normalized spacial score (nSPS) is 11.8. The lowest BCUT2D eigenvalue weighted by Crippen LogP contribution is -2.23. The van der Waals surface area contributed by atoms with Crippen molar-refractivity contribution in [2.45, 2.75) is 25.9 Å². The minimum atomic E-state index is 0.223. The molecule has 3 aromatic rings. The van der Waals surface area contributed by atoms with Crippen LogP contribution in [-0.2, 0) is 13.0 Å². The van der Waals surface area contributed by atoms with Crippen LogP contribution in [0.5, 0.6) is 11.5 Å². The summed E-state index contributed by atoms with van der Waals surface area (Å²) in [7, 11) is 3.40. The van der Waals surface area contributed by atoms with Gasteiger partial charge < -0.3 is 14.8 Å². The van der Waals surface area contributed by atoms with Crippen LogP contribution in [-0.4, -0.2) is 14.2 Å². The number of hydrogen-bond acceptors (Lipinski definition) is 3. The number of methoxy groups -OCH3 is 2. The van der Waals surface area contributed by atoms with Crippen molar-refractivity contribution in [1.29, 1.82) is 0 Å². The molecule has 3 heteroatoms. The van der Waals surface area contributed by atoms with Crippen LogP contribution in [0, 0.1) is 6.92 Å². The molecule has 0 saturated heterocycles. The van der Waals surface area contributed by atoms with E-state index in [-0.39, 0.29) is 6.04 Å². The SMILES string of the molecule is COc1ccc(CN[C@@H](Cc2ccccc2)c2ccccc2)c(OC)c1C. The van der Waals surface area contributed by atoms with Crippen LogP contribution in [0.25, 0.3) is 0 Å². The quantitative estimate of drug-likeness (QED) is 0.606. The van der Waals surface area contributed by atoms with Gasteiger partial charge in [0.15, 0.2) is 0 Å². The molecule has 0 aromatic heterocycles. The lowest BCUT2D eigenvalue weighted by atomic mass is 9.98. The summed E-state index contributed by atoms with van der Waals surface area (Å²) in [5.41, 5.74) is 4.76. The molecule has 0 aliphatic carbocycles. The highest BCUT2D eigenvalue weighted by molar-refractivity contribution is 5.49. The highest BCUT2D eigenvalue weighted by Crippen LogP contribution is 2.31. The largest absolute Gasteiger partial charge is 0.496 e. The fourth-order valence-corrected chi connectivity index (χ4v) is 3.45. The molecule has 0 unspecified atom stereocenters. The van der Waals surface area contributed by atoms with Crippen molar-refractivity contribution >= 4 is 0 Å². The molecular formula is C24H27NO2. The van der Waals surface area contributed by atoms with Crippen LogP contribution < -0.4 is 14.8 Å². The number of hydrogen-bond donors (Lipinski definition) is 1. The molecule has 0 aliphatic heterocycles. The van der Waals surface area contributed by atoms with Crippen LogP contribution in [0.2, 0.25) is 0 Å². The van der Waals surface area contributed by atoms with Crippen LogP contribution >= 0.6 is 0 Å². The van der Waals surface area contributed by atoms with E-state index in [0.717, 1.165) is 35.6 Å². The molecule has 27 heavy (non-hydrogen) atoms. The molecule has 0 bridgehead atoms. The van der Waals surface area contributed by atoms with Crippen molar-refractivity contribution in [2.24, 2.45) is 0 Å². The summed E-state index contributed by atoms with van der Waals surface area (Å²) in [4.78, 5) is 0. The van der Waals surface area contributed by atoms with E-state index in [9.17, 15) is 0 Å². The molecule has 0 heterocycles. The van der Waals surface area contributed by atoms with Gasteiger partial charge in [0, 0.05) is 23.7 Å². The average Bonchev–Trinajstić information content (AvgIpc) is 2.72. The molecular weight excluding hydrogens is 334 g/mol. The van der Waals surface area contributed by atoms with Gasteiger partial charge in [-0.1, -0.05) is 66.7 Å². The summed E-state index contributed by atoms with van der Waals surface area (Å²) in [5, 5.41) is 3.72.